The van der Waals surface area contributed by atoms with Crippen molar-refractivity contribution >= 4 is 38.7 Å². The number of nitrogens with zero attached hydrogens (tertiary/aromatic N) is 4. The fourth-order valence-corrected chi connectivity index (χ4v) is 4.33. The molecule has 9 heteroatoms. The van der Waals surface area contributed by atoms with Gasteiger partial charge in [-0.25, -0.2) is 14.3 Å². The van der Waals surface area contributed by atoms with Gasteiger partial charge in [-0.2, -0.15) is 0 Å². The van der Waals surface area contributed by atoms with Gasteiger partial charge in [0.2, 0.25) is 5.91 Å². The second-order valence-corrected chi connectivity index (χ2v) is 9.25. The maximum Gasteiger partial charge on any atom is 0.333 e. The van der Waals surface area contributed by atoms with Gasteiger partial charge >= 0.3 is 5.69 Å². The number of carbonyl (C=O) groups excluding carboxylic acids is 1. The monoisotopic (exact) mass is 543 g/mol. The topological polar surface area (TPSA) is 90.9 Å². The first-order valence-electron chi connectivity index (χ1n) is 11.3. The lowest BCUT2D eigenvalue weighted by Gasteiger charge is -2.13. The van der Waals surface area contributed by atoms with E-state index < -0.39 is 23.7 Å². The van der Waals surface area contributed by atoms with Gasteiger partial charge in [-0.05, 0) is 35.4 Å². The Hall–Kier alpha value is -4.24. The van der Waals surface area contributed by atoms with Crippen LogP contribution in [-0.2, 0) is 24.4 Å². The molecule has 2 heterocycles. The molecule has 0 saturated carbocycles. The molecule has 36 heavy (non-hydrogen) atoms. The van der Waals surface area contributed by atoms with Crippen LogP contribution in [0.3, 0.4) is 0 Å². The summed E-state index contributed by atoms with van der Waals surface area (Å²) < 4.78 is 5.01. The Balaban J connectivity index is 1.59. The molecule has 0 spiro atoms. The van der Waals surface area contributed by atoms with Gasteiger partial charge in [0.05, 0.1) is 12.9 Å². The molecule has 0 unspecified atom stereocenters. The van der Waals surface area contributed by atoms with Gasteiger partial charge in [0, 0.05) is 16.7 Å². The third kappa shape index (κ3) is 4.92. The number of nitrogens with one attached hydrogen (secondary N) is 1. The number of hydrogen-bond acceptors (Lipinski definition) is 4. The van der Waals surface area contributed by atoms with E-state index in [1.54, 1.807) is 35.2 Å². The first-order valence-corrected chi connectivity index (χ1v) is 12.1. The molecule has 180 valence electrons. The summed E-state index contributed by atoms with van der Waals surface area (Å²) in [4.78, 5) is 44.3. The lowest BCUT2D eigenvalue weighted by atomic mass is 10.2. The smallest absolute Gasteiger partial charge is 0.325 e. The second kappa shape index (κ2) is 10.2. The molecule has 5 aromatic rings. The molecule has 0 aliphatic heterocycles. The predicted octanol–water partition coefficient (Wildman–Crippen LogP) is 3.86. The lowest BCUT2D eigenvalue weighted by molar-refractivity contribution is -0.116. The van der Waals surface area contributed by atoms with Crippen LogP contribution in [0.25, 0.3) is 11.2 Å². The molecule has 3 aromatic carbocycles. The van der Waals surface area contributed by atoms with E-state index >= 15 is 0 Å². The molecule has 8 nitrogen and oxygen atoms in total. The van der Waals surface area contributed by atoms with Crippen LogP contribution in [-0.4, -0.2) is 24.6 Å². The Kier molecular flexibility index (Phi) is 6.64. The van der Waals surface area contributed by atoms with Gasteiger partial charge in [-0.1, -0.05) is 76.6 Å². The van der Waals surface area contributed by atoms with Crippen molar-refractivity contribution < 1.29 is 4.79 Å². The van der Waals surface area contributed by atoms with E-state index in [1.165, 1.54) is 4.57 Å². The van der Waals surface area contributed by atoms with Crippen molar-refractivity contribution in [2.75, 3.05) is 5.32 Å². The highest BCUT2D eigenvalue weighted by molar-refractivity contribution is 9.10. The number of anilines is 1. The van der Waals surface area contributed by atoms with Crippen molar-refractivity contribution in [1.82, 2.24) is 18.7 Å². The molecular weight excluding hydrogens is 522 g/mol. The van der Waals surface area contributed by atoms with E-state index in [-0.39, 0.29) is 17.7 Å². The molecule has 1 amide bonds. The van der Waals surface area contributed by atoms with Gasteiger partial charge in [-0.3, -0.25) is 14.2 Å². The standard InChI is InChI=1S/C27H22BrN5O3/c28-21-11-13-22(14-12-21)30-23(34)17-33-26(35)24-25(29-18-31(24)15-19-7-3-1-4-8-19)32(27(33)36)16-20-9-5-2-6-10-20/h1-14,18H,15-17H2,(H,30,34). The maximum atomic E-state index is 13.6. The minimum atomic E-state index is -0.590. The minimum Gasteiger partial charge on any atom is -0.325 e. The van der Waals surface area contributed by atoms with Crippen molar-refractivity contribution in [2.45, 2.75) is 19.6 Å². The minimum absolute atomic E-state index is 0.215. The maximum absolute atomic E-state index is 13.6. The number of amides is 1. The van der Waals surface area contributed by atoms with Crippen molar-refractivity contribution in [1.29, 1.82) is 0 Å². The Morgan fingerprint density at radius 2 is 1.42 bits per heavy atom. The zero-order chi connectivity index (χ0) is 25.1. The summed E-state index contributed by atoms with van der Waals surface area (Å²) in [7, 11) is 0. The Labute approximate surface area is 214 Å². The highest BCUT2D eigenvalue weighted by atomic mass is 79.9. The summed E-state index contributed by atoms with van der Waals surface area (Å²) >= 11 is 3.36. The molecule has 0 bridgehead atoms. The van der Waals surface area contributed by atoms with E-state index in [0.29, 0.717) is 12.2 Å². The number of rotatable bonds is 7. The molecule has 0 aliphatic rings. The largest absolute Gasteiger partial charge is 0.333 e. The summed E-state index contributed by atoms with van der Waals surface area (Å²) in [5, 5.41) is 2.75. The van der Waals surface area contributed by atoms with E-state index in [0.717, 1.165) is 20.2 Å². The average Bonchev–Trinajstić information content (AvgIpc) is 3.30. The zero-order valence-corrected chi connectivity index (χ0v) is 20.8. The van der Waals surface area contributed by atoms with Gasteiger partial charge in [-0.15, -0.1) is 0 Å². The molecule has 0 aliphatic carbocycles. The summed E-state index contributed by atoms with van der Waals surface area (Å²) in [5.41, 5.74) is 1.83. The fourth-order valence-electron chi connectivity index (χ4n) is 4.06. The number of carbonyl (C=O) groups is 1. The molecule has 0 atom stereocenters. The van der Waals surface area contributed by atoms with Crippen LogP contribution >= 0.6 is 15.9 Å². The number of hydrogen-bond donors (Lipinski definition) is 1. The van der Waals surface area contributed by atoms with Crippen molar-refractivity contribution in [3.05, 3.63) is 128 Å². The summed E-state index contributed by atoms with van der Waals surface area (Å²) in [6.45, 7) is 0.198. The van der Waals surface area contributed by atoms with Crippen molar-refractivity contribution in [2.24, 2.45) is 0 Å². The van der Waals surface area contributed by atoms with Crippen molar-refractivity contribution in [3.8, 4) is 0 Å². The van der Waals surface area contributed by atoms with Gasteiger partial charge in [0.25, 0.3) is 5.56 Å². The van der Waals surface area contributed by atoms with Crippen LogP contribution in [0.4, 0.5) is 5.69 Å². The van der Waals surface area contributed by atoms with Crippen LogP contribution in [0.2, 0.25) is 0 Å². The average molecular weight is 544 g/mol. The molecular formula is C27H22BrN5O3. The number of halogens is 1. The third-order valence-corrected chi connectivity index (χ3v) is 6.32. The highest BCUT2D eigenvalue weighted by Gasteiger charge is 2.20. The number of aromatic nitrogens is 4. The molecule has 1 N–H and O–H groups in total. The first-order chi connectivity index (χ1) is 17.5. The van der Waals surface area contributed by atoms with Gasteiger partial charge in [0.15, 0.2) is 11.2 Å². The quantitative estimate of drug-likeness (QED) is 0.337. The number of imidazole rings is 1. The predicted molar refractivity (Wildman–Crippen MR) is 142 cm³/mol. The Bertz CT molecular complexity index is 1640. The van der Waals surface area contributed by atoms with E-state index in [1.807, 2.05) is 60.7 Å². The molecule has 2 aromatic heterocycles. The number of benzene rings is 3. The van der Waals surface area contributed by atoms with Crippen LogP contribution in [0.5, 0.6) is 0 Å². The van der Waals surface area contributed by atoms with Crippen LogP contribution < -0.4 is 16.6 Å². The summed E-state index contributed by atoms with van der Waals surface area (Å²) in [6.07, 6.45) is 1.56. The molecule has 0 radical (unpaired) electrons. The molecule has 0 fully saturated rings. The first kappa shape index (κ1) is 23.5. The van der Waals surface area contributed by atoms with Crippen LogP contribution in [0.1, 0.15) is 11.1 Å². The normalized spacial score (nSPS) is 11.0. The van der Waals surface area contributed by atoms with Crippen molar-refractivity contribution in [3.63, 3.8) is 0 Å². The number of fused-ring (bicyclic) bond motifs is 1. The third-order valence-electron chi connectivity index (χ3n) is 5.79. The van der Waals surface area contributed by atoms with E-state index in [2.05, 4.69) is 26.2 Å². The highest BCUT2D eigenvalue weighted by Crippen LogP contribution is 2.15. The fraction of sp³-hybridized carbons (Fsp3) is 0.111. The summed E-state index contributed by atoms with van der Waals surface area (Å²) in [6, 6.07) is 26.2. The zero-order valence-electron chi connectivity index (χ0n) is 19.2. The molecule has 5 rings (SSSR count). The van der Waals surface area contributed by atoms with Gasteiger partial charge < -0.3 is 9.88 Å². The molecule has 0 saturated heterocycles. The van der Waals surface area contributed by atoms with E-state index in [9.17, 15) is 14.4 Å². The van der Waals surface area contributed by atoms with E-state index in [4.69, 9.17) is 0 Å². The Morgan fingerprint density at radius 1 is 0.806 bits per heavy atom. The van der Waals surface area contributed by atoms with Gasteiger partial charge in [0.1, 0.15) is 6.54 Å². The van der Waals surface area contributed by atoms with Crippen LogP contribution in [0.15, 0.2) is 105 Å². The lowest BCUT2D eigenvalue weighted by Crippen LogP contribution is -2.43. The second-order valence-electron chi connectivity index (χ2n) is 8.33. The summed E-state index contributed by atoms with van der Waals surface area (Å²) in [5.74, 6) is -0.476. The van der Waals surface area contributed by atoms with Crippen LogP contribution in [0, 0.1) is 0 Å². The SMILES string of the molecule is O=C(Cn1c(=O)c2c(ncn2Cc2ccccc2)n(Cc2ccccc2)c1=O)Nc1ccc(Br)cc1. The Morgan fingerprint density at radius 3 is 2.06 bits per heavy atom.